The second-order valence-electron chi connectivity index (χ2n) is 3.99. The Morgan fingerprint density at radius 3 is 2.12 bits per heavy atom. The summed E-state index contributed by atoms with van der Waals surface area (Å²) in [4.78, 5) is 15.4. The minimum Gasteiger partial charge on any atom is -0.465 e. The molecule has 0 N–H and O–H groups in total. The van der Waals surface area contributed by atoms with Gasteiger partial charge in [-0.3, -0.25) is 0 Å². The van der Waals surface area contributed by atoms with Crippen molar-refractivity contribution in [2.24, 2.45) is 0 Å². The number of nitrogens with zero attached hydrogens (tertiary/aromatic N) is 2. The highest BCUT2D eigenvalue weighted by Gasteiger charge is 2.16. The normalized spacial score (nSPS) is 13.6. The van der Waals surface area contributed by atoms with Crippen LogP contribution in [0.5, 0.6) is 0 Å². The van der Waals surface area contributed by atoms with Crippen LogP contribution in [0, 0.1) is 0 Å². The van der Waals surface area contributed by atoms with E-state index in [4.69, 9.17) is 0 Å². The van der Waals surface area contributed by atoms with Gasteiger partial charge >= 0.3 is 5.97 Å². The zero-order chi connectivity index (χ0) is 12.3. The Balaban J connectivity index is 3.08. The summed E-state index contributed by atoms with van der Waals surface area (Å²) in [6.45, 7) is 0. The fourth-order valence-electron chi connectivity index (χ4n) is 1.74. The fraction of sp³-hybridized carbons (Fsp3) is 0.417. The maximum atomic E-state index is 11.3. The maximum Gasteiger partial charge on any atom is 0.337 e. The van der Waals surface area contributed by atoms with Crippen molar-refractivity contribution >= 4 is 5.97 Å². The van der Waals surface area contributed by atoms with Crippen molar-refractivity contribution in [1.82, 2.24) is 9.80 Å². The van der Waals surface area contributed by atoms with Crippen molar-refractivity contribution < 1.29 is 9.53 Å². The van der Waals surface area contributed by atoms with Gasteiger partial charge in [-0.25, -0.2) is 4.79 Å². The molecule has 0 aromatic rings. The number of methoxy groups -OCH3 is 1. The van der Waals surface area contributed by atoms with Gasteiger partial charge < -0.3 is 14.5 Å². The van der Waals surface area contributed by atoms with E-state index in [1.165, 1.54) is 7.11 Å². The Hall–Kier alpha value is -1.71. The quantitative estimate of drug-likeness (QED) is 0.667. The highest BCUT2D eigenvalue weighted by Crippen LogP contribution is 2.21. The molecule has 0 aliphatic heterocycles. The lowest BCUT2D eigenvalue weighted by molar-refractivity contribution is -0.135. The molecule has 0 heterocycles. The first-order valence-electron chi connectivity index (χ1n) is 5.04. The van der Waals surface area contributed by atoms with Crippen molar-refractivity contribution in [1.29, 1.82) is 0 Å². The molecule has 1 aliphatic rings. The van der Waals surface area contributed by atoms with Gasteiger partial charge in [0, 0.05) is 33.8 Å². The molecule has 4 nitrogen and oxygen atoms in total. The van der Waals surface area contributed by atoms with E-state index in [-0.39, 0.29) is 5.97 Å². The van der Waals surface area contributed by atoms with E-state index in [0.29, 0.717) is 5.57 Å². The molecule has 0 unspecified atom stereocenters. The summed E-state index contributed by atoms with van der Waals surface area (Å²) >= 11 is 0. The molecule has 0 amide bonds. The molecule has 88 valence electrons. The van der Waals surface area contributed by atoms with Crippen LogP contribution in [0.2, 0.25) is 0 Å². The van der Waals surface area contributed by atoms with Crippen molar-refractivity contribution in [2.75, 3.05) is 35.3 Å². The Kier molecular flexibility index (Phi) is 3.77. The van der Waals surface area contributed by atoms with Crippen LogP contribution in [0.15, 0.2) is 35.2 Å². The third kappa shape index (κ3) is 2.45. The number of carbonyl (C=O) groups excluding carboxylic acids is 1. The van der Waals surface area contributed by atoms with E-state index in [0.717, 1.165) is 11.4 Å². The van der Waals surface area contributed by atoms with Gasteiger partial charge in [0.25, 0.3) is 0 Å². The Morgan fingerprint density at radius 1 is 1.12 bits per heavy atom. The standard InChI is InChI=1S/C12H18N2O2/c1-13(2)11(14(3)4)9-6-7-10(8-9)12(15)16-5/h6-8H,1-5H3. The molecule has 0 fully saturated rings. The smallest absolute Gasteiger partial charge is 0.337 e. The second kappa shape index (κ2) is 4.88. The summed E-state index contributed by atoms with van der Waals surface area (Å²) in [7, 11) is 9.28. The molecule has 0 saturated heterocycles. The highest BCUT2D eigenvalue weighted by molar-refractivity contribution is 5.93. The summed E-state index contributed by atoms with van der Waals surface area (Å²) in [5.41, 5.74) is 1.59. The molecule has 0 aromatic carbocycles. The van der Waals surface area contributed by atoms with Crippen LogP contribution in [0.3, 0.4) is 0 Å². The van der Waals surface area contributed by atoms with Crippen molar-refractivity contribution in [3.63, 3.8) is 0 Å². The Labute approximate surface area is 96.5 Å². The van der Waals surface area contributed by atoms with E-state index in [2.05, 4.69) is 4.74 Å². The highest BCUT2D eigenvalue weighted by atomic mass is 16.5. The summed E-state index contributed by atoms with van der Waals surface area (Å²) in [6.07, 6.45) is 5.52. The molecule has 16 heavy (non-hydrogen) atoms. The third-order valence-corrected chi connectivity index (χ3v) is 2.28. The minimum atomic E-state index is -0.303. The topological polar surface area (TPSA) is 32.8 Å². The fourth-order valence-corrected chi connectivity index (χ4v) is 1.74. The molecule has 4 heteroatoms. The van der Waals surface area contributed by atoms with Gasteiger partial charge in [0.2, 0.25) is 0 Å². The van der Waals surface area contributed by atoms with Crippen LogP contribution < -0.4 is 0 Å². The summed E-state index contributed by atoms with van der Waals surface area (Å²) < 4.78 is 4.67. The van der Waals surface area contributed by atoms with Crippen LogP contribution >= 0.6 is 0 Å². The summed E-state index contributed by atoms with van der Waals surface area (Å²) in [5.74, 6) is 0.748. The van der Waals surface area contributed by atoms with E-state index in [1.54, 1.807) is 6.08 Å². The molecular formula is C12H18N2O2. The first-order chi connectivity index (χ1) is 7.47. The molecule has 0 spiro atoms. The zero-order valence-corrected chi connectivity index (χ0v) is 10.4. The first kappa shape index (κ1) is 12.4. The first-order valence-corrected chi connectivity index (χ1v) is 5.04. The van der Waals surface area contributed by atoms with Crippen molar-refractivity contribution in [3.05, 3.63) is 35.2 Å². The van der Waals surface area contributed by atoms with Crippen LogP contribution in [-0.2, 0) is 9.53 Å². The molecule has 0 bridgehead atoms. The predicted molar refractivity (Wildman–Crippen MR) is 63.6 cm³/mol. The molecule has 0 atom stereocenters. The lowest BCUT2D eigenvalue weighted by Gasteiger charge is -2.26. The van der Waals surface area contributed by atoms with Gasteiger partial charge in [0.05, 0.1) is 12.7 Å². The van der Waals surface area contributed by atoms with Crippen LogP contribution in [0.25, 0.3) is 0 Å². The molecular weight excluding hydrogens is 204 g/mol. The van der Waals surface area contributed by atoms with Crippen LogP contribution in [-0.4, -0.2) is 51.1 Å². The Bertz CT molecular complexity index is 366. The SMILES string of the molecule is COC(=O)C1=CC(=C(N(C)C)N(C)C)C=C1. The van der Waals surface area contributed by atoms with Crippen molar-refractivity contribution in [3.8, 4) is 0 Å². The zero-order valence-electron chi connectivity index (χ0n) is 10.4. The van der Waals surface area contributed by atoms with Gasteiger partial charge in [-0.05, 0) is 12.2 Å². The molecule has 1 aliphatic carbocycles. The Morgan fingerprint density at radius 2 is 1.69 bits per heavy atom. The van der Waals surface area contributed by atoms with Gasteiger partial charge in [0.15, 0.2) is 0 Å². The van der Waals surface area contributed by atoms with Gasteiger partial charge in [-0.15, -0.1) is 0 Å². The van der Waals surface area contributed by atoms with Gasteiger partial charge in [-0.2, -0.15) is 0 Å². The predicted octanol–water partition coefficient (Wildman–Crippen LogP) is 0.990. The maximum absolute atomic E-state index is 11.3. The van der Waals surface area contributed by atoms with Crippen LogP contribution in [0.1, 0.15) is 0 Å². The largest absolute Gasteiger partial charge is 0.465 e. The number of hydrogen-bond donors (Lipinski definition) is 0. The van der Waals surface area contributed by atoms with Gasteiger partial charge in [0.1, 0.15) is 5.82 Å². The lowest BCUT2D eigenvalue weighted by atomic mass is 10.2. The van der Waals surface area contributed by atoms with Gasteiger partial charge in [-0.1, -0.05) is 6.08 Å². The summed E-state index contributed by atoms with van der Waals surface area (Å²) in [5, 5.41) is 0. The second-order valence-corrected chi connectivity index (χ2v) is 3.99. The number of rotatable bonds is 3. The number of carbonyl (C=O) groups is 1. The molecule has 0 saturated carbocycles. The molecule has 1 rings (SSSR count). The minimum absolute atomic E-state index is 0.303. The average molecular weight is 222 g/mol. The monoisotopic (exact) mass is 222 g/mol. The van der Waals surface area contributed by atoms with Crippen LogP contribution in [0.4, 0.5) is 0 Å². The average Bonchev–Trinajstić information content (AvgIpc) is 2.64. The number of ether oxygens (including phenoxy) is 1. The summed E-state index contributed by atoms with van der Waals surface area (Å²) in [6, 6.07) is 0. The van der Waals surface area contributed by atoms with E-state index in [9.17, 15) is 4.79 Å². The molecule has 0 aromatic heterocycles. The lowest BCUT2D eigenvalue weighted by Crippen LogP contribution is -2.25. The van der Waals surface area contributed by atoms with E-state index >= 15 is 0 Å². The molecule has 0 radical (unpaired) electrons. The van der Waals surface area contributed by atoms with E-state index < -0.39 is 0 Å². The number of esters is 1. The number of hydrogen-bond acceptors (Lipinski definition) is 4. The number of allylic oxidation sites excluding steroid dienone is 3. The third-order valence-electron chi connectivity index (χ3n) is 2.28. The van der Waals surface area contributed by atoms with E-state index in [1.807, 2.05) is 50.1 Å². The van der Waals surface area contributed by atoms with Crippen molar-refractivity contribution in [2.45, 2.75) is 0 Å².